The highest BCUT2D eigenvalue weighted by molar-refractivity contribution is 6.31. The molecule has 5 nitrogen and oxygen atoms in total. The molecule has 2 fully saturated rings. The Morgan fingerprint density at radius 2 is 2.04 bits per heavy atom. The Morgan fingerprint density at radius 1 is 1.22 bits per heavy atom. The van der Waals surface area contributed by atoms with Gasteiger partial charge in [-0.1, -0.05) is 11.6 Å². The SMILES string of the molecule is OCC[C@H]1CN2CCC[C@H]2CN1Cc1cc2c(cc1Cl)OCO2. The molecule has 2 saturated heterocycles. The van der Waals surface area contributed by atoms with Crippen LogP contribution in [0.25, 0.3) is 0 Å². The fraction of sp³-hybridized carbons (Fsp3) is 0.647. The van der Waals surface area contributed by atoms with E-state index in [-0.39, 0.29) is 13.4 Å². The zero-order valence-electron chi connectivity index (χ0n) is 13.2. The first kappa shape index (κ1) is 15.5. The topological polar surface area (TPSA) is 45.2 Å². The van der Waals surface area contributed by atoms with E-state index >= 15 is 0 Å². The first-order valence-electron chi connectivity index (χ1n) is 8.41. The number of hydrogen-bond donors (Lipinski definition) is 1. The van der Waals surface area contributed by atoms with E-state index in [4.69, 9.17) is 21.1 Å². The molecule has 3 heterocycles. The van der Waals surface area contributed by atoms with Gasteiger partial charge in [0.2, 0.25) is 6.79 Å². The van der Waals surface area contributed by atoms with E-state index < -0.39 is 0 Å². The summed E-state index contributed by atoms with van der Waals surface area (Å²) < 4.78 is 10.9. The van der Waals surface area contributed by atoms with Crippen LogP contribution in [-0.2, 0) is 6.54 Å². The number of fused-ring (bicyclic) bond motifs is 2. The molecule has 1 aromatic rings. The molecule has 0 radical (unpaired) electrons. The standard InChI is InChI=1S/C17H23ClN2O3/c18-15-7-17-16(22-11-23-17)6-12(15)8-20-10-13-2-1-4-19(13)9-14(20)3-5-21/h6-7,13-14,21H,1-5,8-11H2/t13-,14-/m0/s1. The Bertz CT molecular complexity index is 583. The van der Waals surface area contributed by atoms with Crippen molar-refractivity contribution in [1.29, 1.82) is 0 Å². The van der Waals surface area contributed by atoms with Crippen LogP contribution >= 0.6 is 11.6 Å². The molecule has 0 aromatic heterocycles. The normalized spacial score (nSPS) is 27.4. The average molecular weight is 339 g/mol. The van der Waals surface area contributed by atoms with Crippen LogP contribution in [0.15, 0.2) is 12.1 Å². The monoisotopic (exact) mass is 338 g/mol. The van der Waals surface area contributed by atoms with E-state index in [0.717, 1.165) is 48.1 Å². The Balaban J connectivity index is 1.54. The maximum absolute atomic E-state index is 9.42. The van der Waals surface area contributed by atoms with E-state index in [1.165, 1.54) is 19.4 Å². The van der Waals surface area contributed by atoms with Crippen molar-refractivity contribution in [2.24, 2.45) is 0 Å². The Kier molecular flexibility index (Phi) is 4.37. The first-order valence-corrected chi connectivity index (χ1v) is 8.79. The molecule has 126 valence electrons. The summed E-state index contributed by atoms with van der Waals surface area (Å²) in [5.74, 6) is 1.51. The maximum atomic E-state index is 9.42. The summed E-state index contributed by atoms with van der Waals surface area (Å²) in [6.07, 6.45) is 3.37. The zero-order valence-corrected chi connectivity index (χ0v) is 14.0. The molecule has 6 heteroatoms. The van der Waals surface area contributed by atoms with Gasteiger partial charge in [-0.25, -0.2) is 0 Å². The molecule has 1 N–H and O–H groups in total. The fourth-order valence-electron chi connectivity index (χ4n) is 4.06. The van der Waals surface area contributed by atoms with Gasteiger partial charge in [0.1, 0.15) is 0 Å². The lowest BCUT2D eigenvalue weighted by atomic mass is 10.0. The van der Waals surface area contributed by atoms with Crippen molar-refractivity contribution in [3.8, 4) is 11.5 Å². The van der Waals surface area contributed by atoms with Crippen LogP contribution < -0.4 is 9.47 Å². The molecule has 0 bridgehead atoms. The lowest BCUT2D eigenvalue weighted by Gasteiger charge is -2.43. The summed E-state index contributed by atoms with van der Waals surface area (Å²) in [6.45, 7) is 4.59. The van der Waals surface area contributed by atoms with Crippen LogP contribution in [0.3, 0.4) is 0 Å². The number of ether oxygens (including phenoxy) is 2. The molecule has 4 rings (SSSR count). The van der Waals surface area contributed by atoms with Crippen LogP contribution in [0.4, 0.5) is 0 Å². The molecule has 0 saturated carbocycles. The predicted octanol–water partition coefficient (Wildman–Crippen LogP) is 2.10. The Morgan fingerprint density at radius 3 is 2.87 bits per heavy atom. The van der Waals surface area contributed by atoms with E-state index in [0.29, 0.717) is 12.1 Å². The minimum absolute atomic E-state index is 0.231. The van der Waals surface area contributed by atoms with Gasteiger partial charge in [-0.15, -0.1) is 0 Å². The molecule has 0 spiro atoms. The molecule has 0 amide bonds. The van der Waals surface area contributed by atoms with Crippen molar-refractivity contribution in [3.05, 3.63) is 22.7 Å². The van der Waals surface area contributed by atoms with Gasteiger partial charge in [0.15, 0.2) is 11.5 Å². The number of aliphatic hydroxyl groups excluding tert-OH is 1. The molecule has 3 aliphatic heterocycles. The molecule has 3 aliphatic rings. The smallest absolute Gasteiger partial charge is 0.231 e. The van der Waals surface area contributed by atoms with Crippen LogP contribution in [0.5, 0.6) is 11.5 Å². The van der Waals surface area contributed by atoms with E-state index in [9.17, 15) is 5.11 Å². The number of benzene rings is 1. The number of piperazine rings is 1. The van der Waals surface area contributed by atoms with Gasteiger partial charge >= 0.3 is 0 Å². The summed E-state index contributed by atoms with van der Waals surface area (Å²) in [5.41, 5.74) is 1.07. The van der Waals surface area contributed by atoms with E-state index in [1.54, 1.807) is 0 Å². The predicted molar refractivity (Wildman–Crippen MR) is 88.1 cm³/mol. The Hall–Kier alpha value is -1.01. The lowest BCUT2D eigenvalue weighted by Crippen LogP contribution is -2.55. The van der Waals surface area contributed by atoms with Gasteiger partial charge in [-0.2, -0.15) is 0 Å². The lowest BCUT2D eigenvalue weighted by molar-refractivity contribution is 0.0333. The number of nitrogens with zero attached hydrogens (tertiary/aromatic N) is 2. The van der Waals surface area contributed by atoms with Gasteiger partial charge in [0.25, 0.3) is 0 Å². The average Bonchev–Trinajstić information content (AvgIpc) is 3.16. The molecule has 0 aliphatic carbocycles. The van der Waals surface area contributed by atoms with Crippen molar-refractivity contribution >= 4 is 11.6 Å². The summed E-state index contributed by atoms with van der Waals surface area (Å²) in [6, 6.07) is 4.89. The van der Waals surface area contributed by atoms with Gasteiger partial charge in [-0.05, 0) is 37.4 Å². The molecule has 2 atom stereocenters. The highest BCUT2D eigenvalue weighted by Crippen LogP contribution is 2.38. The van der Waals surface area contributed by atoms with Gasteiger partial charge in [-0.3, -0.25) is 9.80 Å². The first-order chi connectivity index (χ1) is 11.2. The van der Waals surface area contributed by atoms with Crippen molar-refractivity contribution in [3.63, 3.8) is 0 Å². The summed E-state index contributed by atoms with van der Waals surface area (Å²) in [7, 11) is 0. The van der Waals surface area contributed by atoms with Crippen LogP contribution in [0, 0.1) is 0 Å². The summed E-state index contributed by atoms with van der Waals surface area (Å²) >= 11 is 6.44. The third kappa shape index (κ3) is 3.03. The number of rotatable bonds is 4. The third-order valence-electron chi connectivity index (χ3n) is 5.28. The Labute approximate surface area is 141 Å². The molecule has 23 heavy (non-hydrogen) atoms. The minimum Gasteiger partial charge on any atom is -0.454 e. The highest BCUT2D eigenvalue weighted by atomic mass is 35.5. The quantitative estimate of drug-likeness (QED) is 0.911. The second-order valence-corrected chi connectivity index (χ2v) is 7.09. The second kappa shape index (κ2) is 6.48. The van der Waals surface area contributed by atoms with Crippen molar-refractivity contribution < 1.29 is 14.6 Å². The largest absolute Gasteiger partial charge is 0.454 e. The number of aliphatic hydroxyl groups is 1. The van der Waals surface area contributed by atoms with Crippen LogP contribution in [0.2, 0.25) is 5.02 Å². The minimum atomic E-state index is 0.231. The van der Waals surface area contributed by atoms with E-state index in [2.05, 4.69) is 9.80 Å². The molecular weight excluding hydrogens is 316 g/mol. The van der Waals surface area contributed by atoms with Gasteiger partial charge in [0.05, 0.1) is 0 Å². The van der Waals surface area contributed by atoms with Crippen LogP contribution in [0.1, 0.15) is 24.8 Å². The summed E-state index contributed by atoms with van der Waals surface area (Å²) in [5, 5.41) is 10.1. The van der Waals surface area contributed by atoms with Gasteiger partial charge < -0.3 is 14.6 Å². The number of halogens is 1. The van der Waals surface area contributed by atoms with Crippen molar-refractivity contribution in [2.75, 3.05) is 33.0 Å². The highest BCUT2D eigenvalue weighted by Gasteiger charge is 2.36. The second-order valence-electron chi connectivity index (χ2n) is 6.68. The maximum Gasteiger partial charge on any atom is 0.231 e. The fourth-order valence-corrected chi connectivity index (χ4v) is 4.28. The molecular formula is C17H23ClN2O3. The zero-order chi connectivity index (χ0) is 15.8. The number of hydrogen-bond acceptors (Lipinski definition) is 5. The molecule has 0 unspecified atom stereocenters. The van der Waals surface area contributed by atoms with Crippen molar-refractivity contribution in [2.45, 2.75) is 37.9 Å². The van der Waals surface area contributed by atoms with Crippen LogP contribution in [-0.4, -0.2) is 60.0 Å². The third-order valence-corrected chi connectivity index (χ3v) is 5.64. The van der Waals surface area contributed by atoms with E-state index in [1.807, 2.05) is 12.1 Å². The van der Waals surface area contributed by atoms with Gasteiger partial charge in [0, 0.05) is 49.4 Å². The summed E-state index contributed by atoms with van der Waals surface area (Å²) in [4.78, 5) is 5.06. The molecule has 1 aromatic carbocycles. The van der Waals surface area contributed by atoms with Crippen molar-refractivity contribution in [1.82, 2.24) is 9.80 Å².